The first kappa shape index (κ1) is 16.0. The van der Waals surface area contributed by atoms with Crippen LogP contribution < -0.4 is 5.32 Å². The van der Waals surface area contributed by atoms with Gasteiger partial charge in [0.1, 0.15) is 0 Å². The number of carbonyl (C=O) groups is 1. The van der Waals surface area contributed by atoms with Crippen molar-refractivity contribution >= 4 is 11.6 Å². The summed E-state index contributed by atoms with van der Waals surface area (Å²) in [7, 11) is 1.88. The van der Waals surface area contributed by atoms with Crippen molar-refractivity contribution in [2.24, 2.45) is 7.05 Å². The number of aromatic nitrogens is 2. The summed E-state index contributed by atoms with van der Waals surface area (Å²) in [5.74, 6) is 0.00972. The number of hydrogen-bond acceptors (Lipinski definition) is 4. The van der Waals surface area contributed by atoms with Crippen molar-refractivity contribution < 1.29 is 9.53 Å². The van der Waals surface area contributed by atoms with Gasteiger partial charge in [0.2, 0.25) is 5.91 Å². The van der Waals surface area contributed by atoms with Crippen molar-refractivity contribution in [1.82, 2.24) is 14.7 Å². The first-order valence-corrected chi connectivity index (χ1v) is 7.50. The molecule has 0 aliphatic carbocycles. The van der Waals surface area contributed by atoms with Crippen LogP contribution in [0, 0.1) is 13.8 Å². The van der Waals surface area contributed by atoms with Gasteiger partial charge in [0.05, 0.1) is 35.3 Å². The minimum Gasteiger partial charge on any atom is -0.373 e. The Morgan fingerprint density at radius 1 is 1.33 bits per heavy atom. The Bertz CT molecular complexity index is 516. The summed E-state index contributed by atoms with van der Waals surface area (Å²) < 4.78 is 7.51. The van der Waals surface area contributed by atoms with Crippen LogP contribution in [0.5, 0.6) is 0 Å². The molecule has 1 aromatic heterocycles. The number of aryl methyl sites for hydroxylation is 2. The van der Waals surface area contributed by atoms with Crippen molar-refractivity contribution in [3.63, 3.8) is 0 Å². The third kappa shape index (κ3) is 3.44. The monoisotopic (exact) mass is 294 g/mol. The number of carbonyl (C=O) groups excluding carboxylic acids is 1. The Hall–Kier alpha value is -1.40. The van der Waals surface area contributed by atoms with Crippen LogP contribution in [0.1, 0.15) is 32.2 Å². The van der Waals surface area contributed by atoms with Crippen LogP contribution in [-0.4, -0.2) is 51.9 Å². The summed E-state index contributed by atoms with van der Waals surface area (Å²) in [5.41, 5.74) is 2.64. The van der Waals surface area contributed by atoms with Crippen LogP contribution >= 0.6 is 0 Å². The van der Waals surface area contributed by atoms with E-state index < -0.39 is 0 Å². The normalized spacial score (nSPS) is 24.9. The van der Waals surface area contributed by atoms with Gasteiger partial charge in [0.25, 0.3) is 0 Å². The lowest BCUT2D eigenvalue weighted by molar-refractivity contribution is -0.126. The zero-order chi connectivity index (χ0) is 15.7. The lowest BCUT2D eigenvalue weighted by atomic mass is 10.1. The summed E-state index contributed by atoms with van der Waals surface area (Å²) in [4.78, 5) is 14.7. The molecule has 1 saturated heterocycles. The number of ether oxygens (including phenoxy) is 1. The number of anilines is 1. The topological polar surface area (TPSA) is 59.4 Å². The maximum Gasteiger partial charge on any atom is 0.241 e. The molecule has 118 valence electrons. The number of morpholine rings is 1. The van der Waals surface area contributed by atoms with Crippen LogP contribution in [0.2, 0.25) is 0 Å². The Balaban J connectivity index is 2.05. The lowest BCUT2D eigenvalue weighted by Gasteiger charge is -2.38. The van der Waals surface area contributed by atoms with Gasteiger partial charge in [0.15, 0.2) is 0 Å². The molecular weight excluding hydrogens is 268 g/mol. The van der Waals surface area contributed by atoms with Crippen molar-refractivity contribution in [2.75, 3.05) is 18.4 Å². The number of amides is 1. The minimum absolute atomic E-state index is 0.00972. The van der Waals surface area contributed by atoms with Crippen molar-refractivity contribution in [2.45, 2.75) is 52.9 Å². The van der Waals surface area contributed by atoms with E-state index in [1.54, 1.807) is 4.68 Å². The van der Waals surface area contributed by atoms with Crippen molar-refractivity contribution in [3.05, 3.63) is 11.4 Å². The molecule has 0 bridgehead atoms. The molecule has 1 fully saturated rings. The molecule has 1 amide bonds. The predicted octanol–water partition coefficient (Wildman–Crippen LogP) is 1.47. The maximum atomic E-state index is 12.5. The van der Waals surface area contributed by atoms with E-state index in [2.05, 4.69) is 15.3 Å². The molecule has 3 atom stereocenters. The molecule has 6 heteroatoms. The molecule has 1 aliphatic rings. The highest BCUT2D eigenvalue weighted by Crippen LogP contribution is 2.20. The summed E-state index contributed by atoms with van der Waals surface area (Å²) in [6.07, 6.45) is 0.316. The Kier molecular flexibility index (Phi) is 4.68. The fraction of sp³-hybridized carbons (Fsp3) is 0.733. The summed E-state index contributed by atoms with van der Waals surface area (Å²) >= 11 is 0. The highest BCUT2D eigenvalue weighted by molar-refractivity contribution is 5.95. The fourth-order valence-electron chi connectivity index (χ4n) is 2.88. The Morgan fingerprint density at radius 2 is 1.90 bits per heavy atom. The minimum atomic E-state index is -0.183. The fourth-order valence-corrected chi connectivity index (χ4v) is 2.88. The van der Waals surface area contributed by atoms with E-state index in [0.717, 1.165) is 30.2 Å². The van der Waals surface area contributed by atoms with E-state index in [0.29, 0.717) is 0 Å². The van der Waals surface area contributed by atoms with Gasteiger partial charge in [-0.25, -0.2) is 0 Å². The molecule has 6 nitrogen and oxygen atoms in total. The maximum absolute atomic E-state index is 12.5. The Labute approximate surface area is 126 Å². The van der Waals surface area contributed by atoms with E-state index in [1.807, 2.05) is 41.7 Å². The average Bonchev–Trinajstić information content (AvgIpc) is 2.63. The zero-order valence-electron chi connectivity index (χ0n) is 13.8. The van der Waals surface area contributed by atoms with E-state index in [1.165, 1.54) is 0 Å². The molecule has 0 unspecified atom stereocenters. The molecule has 21 heavy (non-hydrogen) atoms. The average molecular weight is 294 g/mol. The van der Waals surface area contributed by atoms with Gasteiger partial charge < -0.3 is 10.1 Å². The molecular formula is C15H26N4O2. The number of nitrogens with zero attached hydrogens (tertiary/aromatic N) is 3. The van der Waals surface area contributed by atoms with Crippen LogP contribution in [0.4, 0.5) is 5.69 Å². The molecule has 1 aliphatic heterocycles. The van der Waals surface area contributed by atoms with E-state index in [9.17, 15) is 4.79 Å². The van der Waals surface area contributed by atoms with Crippen molar-refractivity contribution in [1.29, 1.82) is 0 Å². The van der Waals surface area contributed by atoms with E-state index in [-0.39, 0.29) is 24.2 Å². The first-order chi connectivity index (χ1) is 9.79. The molecule has 2 heterocycles. The zero-order valence-corrected chi connectivity index (χ0v) is 13.8. The molecule has 0 saturated carbocycles. The van der Waals surface area contributed by atoms with Crippen LogP contribution in [0.15, 0.2) is 0 Å². The van der Waals surface area contributed by atoms with E-state index >= 15 is 0 Å². The van der Waals surface area contributed by atoms with Gasteiger partial charge in [-0.1, -0.05) is 0 Å². The Morgan fingerprint density at radius 3 is 2.38 bits per heavy atom. The molecule has 2 rings (SSSR count). The smallest absolute Gasteiger partial charge is 0.241 e. The predicted molar refractivity (Wildman–Crippen MR) is 82.4 cm³/mol. The summed E-state index contributed by atoms with van der Waals surface area (Å²) in [5, 5.41) is 7.35. The van der Waals surface area contributed by atoms with Gasteiger partial charge in [-0.15, -0.1) is 0 Å². The highest BCUT2D eigenvalue weighted by atomic mass is 16.5. The largest absolute Gasteiger partial charge is 0.373 e. The van der Waals surface area contributed by atoms with Crippen LogP contribution in [-0.2, 0) is 16.6 Å². The number of nitrogens with one attached hydrogen (secondary N) is 1. The lowest BCUT2D eigenvalue weighted by Crippen LogP contribution is -2.52. The van der Waals surface area contributed by atoms with Gasteiger partial charge in [0, 0.05) is 20.1 Å². The molecule has 0 spiro atoms. The first-order valence-electron chi connectivity index (χ1n) is 7.50. The van der Waals surface area contributed by atoms with Gasteiger partial charge in [-0.3, -0.25) is 14.4 Å². The third-order valence-electron chi connectivity index (χ3n) is 4.13. The van der Waals surface area contributed by atoms with Gasteiger partial charge in [-0.2, -0.15) is 5.10 Å². The van der Waals surface area contributed by atoms with Gasteiger partial charge in [-0.05, 0) is 34.6 Å². The standard InChI is InChI=1S/C15H26N4O2/c1-9-7-19(8-10(2)21-9)13(5)15(20)16-14-11(3)17-18(6)12(14)4/h9-10,13H,7-8H2,1-6H3,(H,16,20)/t9-,10-,13+/m1/s1. The van der Waals surface area contributed by atoms with Crippen LogP contribution in [0.3, 0.4) is 0 Å². The number of hydrogen-bond donors (Lipinski definition) is 1. The molecule has 1 N–H and O–H groups in total. The third-order valence-corrected chi connectivity index (χ3v) is 4.13. The quantitative estimate of drug-likeness (QED) is 0.917. The number of rotatable bonds is 3. The molecule has 0 aromatic carbocycles. The molecule has 0 radical (unpaired) electrons. The van der Waals surface area contributed by atoms with Gasteiger partial charge >= 0.3 is 0 Å². The van der Waals surface area contributed by atoms with E-state index in [4.69, 9.17) is 4.74 Å². The second-order valence-corrected chi connectivity index (χ2v) is 6.05. The van der Waals surface area contributed by atoms with Crippen molar-refractivity contribution in [3.8, 4) is 0 Å². The second-order valence-electron chi connectivity index (χ2n) is 6.05. The molecule has 1 aromatic rings. The summed E-state index contributed by atoms with van der Waals surface area (Å²) in [6.45, 7) is 11.5. The van der Waals surface area contributed by atoms with Crippen LogP contribution in [0.25, 0.3) is 0 Å². The highest BCUT2D eigenvalue weighted by Gasteiger charge is 2.29. The second kappa shape index (κ2) is 6.15. The SMILES string of the molecule is Cc1nn(C)c(C)c1NC(=O)[C@H](C)N1C[C@@H](C)O[C@H](C)C1. The summed E-state index contributed by atoms with van der Waals surface area (Å²) in [6, 6.07) is -0.183.